The van der Waals surface area contributed by atoms with Gasteiger partial charge in [-0.25, -0.2) is 4.98 Å². The number of aryl methyl sites for hydroxylation is 1. The minimum atomic E-state index is 0.406. The van der Waals surface area contributed by atoms with E-state index in [4.69, 9.17) is 16.0 Å². The van der Waals surface area contributed by atoms with Gasteiger partial charge in [0.15, 0.2) is 5.22 Å². The fourth-order valence-corrected chi connectivity index (χ4v) is 1.36. The van der Waals surface area contributed by atoms with E-state index in [2.05, 4.69) is 10.3 Å². The molecule has 0 aliphatic heterocycles. The molecule has 78 valence electrons. The third-order valence-corrected chi connectivity index (χ3v) is 2.19. The van der Waals surface area contributed by atoms with Crippen molar-refractivity contribution >= 4 is 17.4 Å². The van der Waals surface area contributed by atoms with E-state index in [1.54, 1.807) is 6.07 Å². The number of rotatable bonds is 3. The molecule has 2 heterocycles. The second kappa shape index (κ2) is 4.36. The lowest BCUT2D eigenvalue weighted by atomic mass is 10.3. The highest BCUT2D eigenvalue weighted by Crippen LogP contribution is 2.14. The molecule has 0 bridgehead atoms. The summed E-state index contributed by atoms with van der Waals surface area (Å²) in [4.78, 5) is 4.21. The molecule has 2 aromatic heterocycles. The van der Waals surface area contributed by atoms with Crippen LogP contribution in [-0.2, 0) is 6.54 Å². The van der Waals surface area contributed by atoms with Crippen molar-refractivity contribution in [3.05, 3.63) is 47.0 Å². The van der Waals surface area contributed by atoms with Crippen molar-refractivity contribution in [1.82, 2.24) is 4.98 Å². The lowest BCUT2D eigenvalue weighted by Gasteiger charge is -2.02. The molecule has 0 saturated heterocycles. The summed E-state index contributed by atoms with van der Waals surface area (Å²) in [6.07, 6.45) is 1.82. The first kappa shape index (κ1) is 10.1. The molecule has 1 N–H and O–H groups in total. The van der Waals surface area contributed by atoms with Gasteiger partial charge in [0.05, 0.1) is 6.54 Å². The summed E-state index contributed by atoms with van der Waals surface area (Å²) in [5.41, 5.74) is 1.14. The predicted octanol–water partition coefficient (Wildman–Crippen LogP) is 3.25. The zero-order chi connectivity index (χ0) is 10.7. The number of halogens is 1. The zero-order valence-corrected chi connectivity index (χ0v) is 9.08. The molecule has 0 amide bonds. The lowest BCUT2D eigenvalue weighted by Crippen LogP contribution is -1.99. The monoisotopic (exact) mass is 222 g/mol. The summed E-state index contributed by atoms with van der Waals surface area (Å²) < 4.78 is 5.20. The highest BCUT2D eigenvalue weighted by Gasteiger charge is 1.99. The molecule has 0 aliphatic rings. The Morgan fingerprint density at radius 1 is 1.33 bits per heavy atom. The topological polar surface area (TPSA) is 38.1 Å². The number of pyridine rings is 1. The van der Waals surface area contributed by atoms with Gasteiger partial charge in [0.25, 0.3) is 0 Å². The Hall–Kier alpha value is -1.48. The van der Waals surface area contributed by atoms with Crippen LogP contribution < -0.4 is 5.32 Å². The summed E-state index contributed by atoms with van der Waals surface area (Å²) in [5, 5.41) is 3.54. The third-order valence-electron chi connectivity index (χ3n) is 1.98. The van der Waals surface area contributed by atoms with Crippen molar-refractivity contribution in [3.8, 4) is 0 Å². The molecule has 3 nitrogen and oxygen atoms in total. The molecule has 15 heavy (non-hydrogen) atoms. The minimum absolute atomic E-state index is 0.406. The van der Waals surface area contributed by atoms with Gasteiger partial charge in [-0.3, -0.25) is 0 Å². The Bertz CT molecular complexity index is 436. The number of nitrogens with one attached hydrogen (secondary N) is 1. The summed E-state index contributed by atoms with van der Waals surface area (Å²) >= 11 is 5.65. The van der Waals surface area contributed by atoms with E-state index in [0.29, 0.717) is 11.8 Å². The van der Waals surface area contributed by atoms with E-state index in [9.17, 15) is 0 Å². The molecular formula is C11H11ClN2O. The maximum atomic E-state index is 5.65. The maximum absolute atomic E-state index is 5.65. The first-order valence-electron chi connectivity index (χ1n) is 4.65. The van der Waals surface area contributed by atoms with E-state index in [0.717, 1.165) is 17.1 Å². The fraction of sp³-hybridized carbons (Fsp3) is 0.182. The van der Waals surface area contributed by atoms with Crippen LogP contribution in [0.2, 0.25) is 5.22 Å². The Morgan fingerprint density at radius 2 is 2.20 bits per heavy atom. The molecule has 0 aliphatic carbocycles. The molecule has 2 rings (SSSR count). The average molecular weight is 223 g/mol. The van der Waals surface area contributed by atoms with Crippen LogP contribution in [0.3, 0.4) is 0 Å². The number of aromatic nitrogens is 1. The Labute approximate surface area is 93.1 Å². The largest absolute Gasteiger partial charge is 0.448 e. The van der Waals surface area contributed by atoms with Crippen molar-refractivity contribution in [3.63, 3.8) is 0 Å². The quantitative estimate of drug-likeness (QED) is 0.867. The molecule has 2 aromatic rings. The molecule has 4 heteroatoms. The van der Waals surface area contributed by atoms with Crippen LogP contribution in [0.4, 0.5) is 5.82 Å². The second-order valence-electron chi connectivity index (χ2n) is 3.28. The molecule has 0 fully saturated rings. The van der Waals surface area contributed by atoms with Crippen molar-refractivity contribution in [1.29, 1.82) is 0 Å². The van der Waals surface area contributed by atoms with E-state index in [1.165, 1.54) is 0 Å². The SMILES string of the molecule is Cc1ccc(NCc2ccc(Cl)o2)nc1. The second-order valence-corrected chi connectivity index (χ2v) is 3.65. The van der Waals surface area contributed by atoms with Gasteiger partial charge < -0.3 is 9.73 Å². The number of furan rings is 1. The highest BCUT2D eigenvalue weighted by atomic mass is 35.5. The van der Waals surface area contributed by atoms with E-state index in [1.807, 2.05) is 31.3 Å². The number of anilines is 1. The first-order valence-corrected chi connectivity index (χ1v) is 5.02. The van der Waals surface area contributed by atoms with Crippen molar-refractivity contribution in [2.45, 2.75) is 13.5 Å². The Morgan fingerprint density at radius 3 is 2.80 bits per heavy atom. The number of nitrogens with zero attached hydrogens (tertiary/aromatic N) is 1. The smallest absolute Gasteiger partial charge is 0.193 e. The van der Waals surface area contributed by atoms with Crippen LogP contribution in [0.5, 0.6) is 0 Å². The van der Waals surface area contributed by atoms with Crippen molar-refractivity contribution < 1.29 is 4.42 Å². The molecule has 0 saturated carbocycles. The predicted molar refractivity (Wildman–Crippen MR) is 60.0 cm³/mol. The lowest BCUT2D eigenvalue weighted by molar-refractivity contribution is 0.519. The van der Waals surface area contributed by atoms with Crippen molar-refractivity contribution in [2.24, 2.45) is 0 Å². The van der Waals surface area contributed by atoms with Gasteiger partial charge >= 0.3 is 0 Å². The first-order chi connectivity index (χ1) is 7.24. The molecule has 0 radical (unpaired) electrons. The van der Waals surface area contributed by atoms with Crippen LogP contribution in [-0.4, -0.2) is 4.98 Å². The molecule has 0 unspecified atom stereocenters. The summed E-state index contributed by atoms with van der Waals surface area (Å²) in [6, 6.07) is 7.50. The third kappa shape index (κ3) is 2.73. The summed E-state index contributed by atoms with van der Waals surface area (Å²) in [6.45, 7) is 2.59. The van der Waals surface area contributed by atoms with Crippen molar-refractivity contribution in [2.75, 3.05) is 5.32 Å². The number of hydrogen-bond donors (Lipinski definition) is 1. The molecular weight excluding hydrogens is 212 g/mol. The summed E-state index contributed by atoms with van der Waals surface area (Å²) in [5.74, 6) is 1.62. The van der Waals surface area contributed by atoms with Gasteiger partial charge in [0, 0.05) is 6.20 Å². The molecule has 0 spiro atoms. The number of hydrogen-bond acceptors (Lipinski definition) is 3. The fourth-order valence-electron chi connectivity index (χ4n) is 1.20. The van der Waals surface area contributed by atoms with Gasteiger partial charge in [0.2, 0.25) is 0 Å². The van der Waals surface area contributed by atoms with Gasteiger partial charge in [-0.15, -0.1) is 0 Å². The maximum Gasteiger partial charge on any atom is 0.193 e. The average Bonchev–Trinajstić information content (AvgIpc) is 2.64. The van der Waals surface area contributed by atoms with Gasteiger partial charge in [-0.1, -0.05) is 6.07 Å². The van der Waals surface area contributed by atoms with E-state index >= 15 is 0 Å². The van der Waals surface area contributed by atoms with Gasteiger partial charge in [-0.05, 0) is 42.3 Å². The molecule has 0 aromatic carbocycles. The Balaban J connectivity index is 1.96. The molecule has 0 atom stereocenters. The van der Waals surface area contributed by atoms with Crippen LogP contribution in [0, 0.1) is 6.92 Å². The van der Waals surface area contributed by atoms with Crippen LogP contribution in [0.15, 0.2) is 34.9 Å². The Kier molecular flexibility index (Phi) is 2.92. The summed E-state index contributed by atoms with van der Waals surface area (Å²) in [7, 11) is 0. The zero-order valence-electron chi connectivity index (χ0n) is 8.33. The van der Waals surface area contributed by atoms with Crippen LogP contribution >= 0.6 is 11.6 Å². The van der Waals surface area contributed by atoms with E-state index < -0.39 is 0 Å². The van der Waals surface area contributed by atoms with E-state index in [-0.39, 0.29) is 0 Å². The standard InChI is InChI=1S/C11H11ClN2O/c1-8-2-5-11(13-6-8)14-7-9-3-4-10(12)15-9/h2-6H,7H2,1H3,(H,13,14). The normalized spacial score (nSPS) is 10.3. The van der Waals surface area contributed by atoms with Gasteiger partial charge in [-0.2, -0.15) is 0 Å². The minimum Gasteiger partial charge on any atom is -0.448 e. The highest BCUT2D eigenvalue weighted by molar-refractivity contribution is 6.28. The van der Waals surface area contributed by atoms with Gasteiger partial charge in [0.1, 0.15) is 11.6 Å². The van der Waals surface area contributed by atoms with Crippen LogP contribution in [0.25, 0.3) is 0 Å². The van der Waals surface area contributed by atoms with Crippen LogP contribution in [0.1, 0.15) is 11.3 Å².